The zero-order valence-electron chi connectivity index (χ0n) is 24.1. The second-order valence-corrected chi connectivity index (χ2v) is 11.5. The first-order valence-corrected chi connectivity index (χ1v) is 14.8. The molecule has 0 bridgehead atoms. The molecule has 0 aliphatic heterocycles. The third-order valence-corrected chi connectivity index (χ3v) is 8.33. The predicted molar refractivity (Wildman–Crippen MR) is 171 cm³/mol. The van der Waals surface area contributed by atoms with Gasteiger partial charge in [-0.15, -0.1) is 0 Å². The first-order valence-electron chi connectivity index (χ1n) is 13.8. The number of ketones is 1. The number of pyridine rings is 1. The number of aromatic nitrogens is 1. The smallest absolute Gasteiger partial charge is 0.258 e. The second kappa shape index (κ2) is 12.4. The number of anilines is 1. The van der Waals surface area contributed by atoms with Crippen LogP contribution in [-0.4, -0.2) is 22.4 Å². The maximum Gasteiger partial charge on any atom is 0.258 e. The average molecular weight is 570 g/mol. The maximum atomic E-state index is 13.8. The number of para-hydroxylation sites is 1. The molecule has 0 aliphatic rings. The molecular weight excluding hydrogens is 538 g/mol. The Morgan fingerprint density at radius 3 is 2.29 bits per heavy atom. The quantitative estimate of drug-likeness (QED) is 0.149. The van der Waals surface area contributed by atoms with Gasteiger partial charge in [-0.2, -0.15) is 5.26 Å². The van der Waals surface area contributed by atoms with Crippen LogP contribution in [0, 0.1) is 25.2 Å². The molecule has 4 aromatic carbocycles. The van der Waals surface area contributed by atoms with Crippen LogP contribution in [0.5, 0.6) is 0 Å². The van der Waals surface area contributed by atoms with Crippen molar-refractivity contribution in [1.29, 1.82) is 5.26 Å². The molecular formula is C36H31N3O2S. The number of hydrogen-bond donors (Lipinski definition) is 1. The summed E-state index contributed by atoms with van der Waals surface area (Å²) in [6.07, 6.45) is 0. The highest BCUT2D eigenvalue weighted by molar-refractivity contribution is 8.00. The van der Waals surface area contributed by atoms with Gasteiger partial charge in [0.15, 0.2) is 5.78 Å². The fourth-order valence-electron chi connectivity index (χ4n) is 4.96. The lowest BCUT2D eigenvalue weighted by Gasteiger charge is -2.18. The number of fused-ring (bicyclic) bond motifs is 1. The zero-order valence-corrected chi connectivity index (χ0v) is 24.9. The molecule has 0 fully saturated rings. The third-order valence-electron chi connectivity index (χ3n) is 7.35. The summed E-state index contributed by atoms with van der Waals surface area (Å²) in [4.78, 5) is 31.7. The summed E-state index contributed by atoms with van der Waals surface area (Å²) in [6, 6.07) is 31.4. The molecule has 0 atom stereocenters. The number of benzene rings is 4. The van der Waals surface area contributed by atoms with Crippen molar-refractivity contribution in [3.05, 3.63) is 125 Å². The van der Waals surface area contributed by atoms with Crippen molar-refractivity contribution in [3.63, 3.8) is 0 Å². The molecule has 0 aliphatic carbocycles. The van der Waals surface area contributed by atoms with Crippen molar-refractivity contribution in [2.24, 2.45) is 0 Å². The predicted octanol–water partition coefficient (Wildman–Crippen LogP) is 8.74. The number of aryl methyl sites for hydroxylation is 2. The monoisotopic (exact) mass is 569 g/mol. The van der Waals surface area contributed by atoms with E-state index < -0.39 is 0 Å². The number of carbonyl (C=O) groups is 2. The van der Waals surface area contributed by atoms with E-state index in [2.05, 4.69) is 25.2 Å². The van der Waals surface area contributed by atoms with Crippen molar-refractivity contribution >= 4 is 39.9 Å². The minimum atomic E-state index is -0.336. The first-order chi connectivity index (χ1) is 20.3. The number of rotatable bonds is 8. The fraction of sp³-hybridized carbons (Fsp3) is 0.167. The highest BCUT2D eigenvalue weighted by atomic mass is 32.2. The van der Waals surface area contributed by atoms with Gasteiger partial charge < -0.3 is 5.32 Å². The highest BCUT2D eigenvalue weighted by Gasteiger charge is 2.25. The number of nitrogens with zero attached hydrogens (tertiary/aromatic N) is 2. The summed E-state index contributed by atoms with van der Waals surface area (Å²) in [7, 11) is 0. The summed E-state index contributed by atoms with van der Waals surface area (Å²) in [5.74, 6) is 0.0560. The number of hydrogen-bond acceptors (Lipinski definition) is 5. The van der Waals surface area contributed by atoms with Crippen molar-refractivity contribution in [2.75, 3.05) is 11.1 Å². The number of amides is 1. The molecule has 1 heterocycles. The summed E-state index contributed by atoms with van der Waals surface area (Å²) < 4.78 is 0. The zero-order chi connectivity index (χ0) is 29.8. The summed E-state index contributed by atoms with van der Waals surface area (Å²) in [5.41, 5.74) is 5.77. The van der Waals surface area contributed by atoms with E-state index in [1.807, 2.05) is 97.9 Å². The Labute approximate surface area is 250 Å². The number of Topliss-reactive ketones (excluding diaryl/α,β-unsaturated/α-hetero) is 1. The Morgan fingerprint density at radius 2 is 1.60 bits per heavy atom. The number of nitrogens with one attached hydrogen (secondary N) is 1. The third kappa shape index (κ3) is 5.97. The molecule has 1 aromatic heterocycles. The molecule has 0 saturated carbocycles. The number of nitriles is 1. The highest BCUT2D eigenvalue weighted by Crippen LogP contribution is 2.36. The summed E-state index contributed by atoms with van der Waals surface area (Å²) in [5, 5.41) is 15.9. The molecule has 5 rings (SSSR count). The van der Waals surface area contributed by atoms with E-state index in [1.54, 1.807) is 6.92 Å². The molecule has 5 nitrogen and oxygen atoms in total. The molecule has 0 spiro atoms. The first kappa shape index (κ1) is 28.8. The second-order valence-electron chi connectivity index (χ2n) is 10.6. The standard InChI is InChI=1S/C36H31N3O2S/c1-22(2)25-13-16-27(17-14-25)34-30(20-37)36(38-24(4)33(34)35(41)39-31-12-8-5-9-23(31)3)42-21-32(40)29-18-15-26-10-6-7-11-28(26)19-29/h5-19,22H,21H2,1-4H3,(H,39,41). The Hall–Kier alpha value is -4.73. The lowest BCUT2D eigenvalue weighted by atomic mass is 9.92. The van der Waals surface area contributed by atoms with Gasteiger partial charge in [-0.1, -0.05) is 104 Å². The summed E-state index contributed by atoms with van der Waals surface area (Å²) in [6.45, 7) is 7.94. The lowest BCUT2D eigenvalue weighted by Crippen LogP contribution is -2.18. The van der Waals surface area contributed by atoms with Crippen molar-refractivity contribution in [1.82, 2.24) is 4.98 Å². The largest absolute Gasteiger partial charge is 0.322 e. The molecule has 42 heavy (non-hydrogen) atoms. The van der Waals surface area contributed by atoms with Gasteiger partial charge in [0.2, 0.25) is 0 Å². The molecule has 1 N–H and O–H groups in total. The van der Waals surface area contributed by atoms with Crippen LogP contribution in [0.3, 0.4) is 0 Å². The van der Waals surface area contributed by atoms with Crippen LogP contribution in [-0.2, 0) is 0 Å². The fourth-order valence-corrected chi connectivity index (χ4v) is 5.89. The van der Waals surface area contributed by atoms with Crippen LogP contribution < -0.4 is 5.32 Å². The molecule has 1 amide bonds. The van der Waals surface area contributed by atoms with E-state index in [4.69, 9.17) is 4.98 Å². The van der Waals surface area contributed by atoms with Crippen LogP contribution in [0.15, 0.2) is 96.0 Å². The molecule has 0 radical (unpaired) electrons. The van der Waals surface area contributed by atoms with Crippen molar-refractivity contribution in [2.45, 2.75) is 38.6 Å². The van der Waals surface area contributed by atoms with Crippen molar-refractivity contribution < 1.29 is 9.59 Å². The minimum absolute atomic E-state index is 0.0571. The van der Waals surface area contributed by atoms with E-state index in [9.17, 15) is 14.9 Å². The molecule has 0 saturated heterocycles. The van der Waals surface area contributed by atoms with Crippen LogP contribution in [0.2, 0.25) is 0 Å². The number of carbonyl (C=O) groups excluding carboxylic acids is 2. The molecule has 208 valence electrons. The Bertz CT molecular complexity index is 1850. The molecule has 0 unspecified atom stereocenters. The normalized spacial score (nSPS) is 11.0. The SMILES string of the molecule is Cc1ccccc1NC(=O)c1c(C)nc(SCC(=O)c2ccc3ccccc3c2)c(C#N)c1-c1ccc(C(C)C)cc1. The van der Waals surface area contributed by atoms with Gasteiger partial charge in [0, 0.05) is 16.8 Å². The lowest BCUT2D eigenvalue weighted by molar-refractivity contribution is 0.101. The molecule has 6 heteroatoms. The Kier molecular flexibility index (Phi) is 8.51. The Balaban J connectivity index is 1.55. The average Bonchev–Trinajstić information content (AvgIpc) is 3.00. The maximum absolute atomic E-state index is 13.8. The topological polar surface area (TPSA) is 82.8 Å². The summed E-state index contributed by atoms with van der Waals surface area (Å²) >= 11 is 1.22. The van der Waals surface area contributed by atoms with Gasteiger partial charge >= 0.3 is 0 Å². The van der Waals surface area contributed by atoms with E-state index in [0.717, 1.165) is 27.5 Å². The van der Waals surface area contributed by atoms with Gasteiger partial charge in [-0.05, 0) is 59.4 Å². The number of thioether (sulfide) groups is 1. The van der Waals surface area contributed by atoms with E-state index in [0.29, 0.717) is 39.0 Å². The van der Waals surface area contributed by atoms with Crippen LogP contribution in [0.4, 0.5) is 5.69 Å². The van der Waals surface area contributed by atoms with Crippen LogP contribution in [0.25, 0.3) is 21.9 Å². The van der Waals surface area contributed by atoms with Crippen LogP contribution >= 0.6 is 11.8 Å². The molecule has 5 aromatic rings. The van der Waals surface area contributed by atoms with Gasteiger partial charge in [0.25, 0.3) is 5.91 Å². The van der Waals surface area contributed by atoms with Gasteiger partial charge in [-0.3, -0.25) is 9.59 Å². The van der Waals surface area contributed by atoms with Crippen LogP contribution in [0.1, 0.15) is 62.9 Å². The van der Waals surface area contributed by atoms with Gasteiger partial charge in [0.05, 0.1) is 22.6 Å². The Morgan fingerprint density at radius 1 is 0.905 bits per heavy atom. The van der Waals surface area contributed by atoms with Gasteiger partial charge in [0.1, 0.15) is 11.1 Å². The van der Waals surface area contributed by atoms with Crippen molar-refractivity contribution in [3.8, 4) is 17.2 Å². The van der Waals surface area contributed by atoms with E-state index in [1.165, 1.54) is 11.8 Å². The van der Waals surface area contributed by atoms with E-state index in [-0.39, 0.29) is 23.0 Å². The minimum Gasteiger partial charge on any atom is -0.322 e. The van der Waals surface area contributed by atoms with Gasteiger partial charge in [-0.25, -0.2) is 4.98 Å². The van der Waals surface area contributed by atoms with E-state index >= 15 is 0 Å².